The molecule has 0 atom stereocenters. The van der Waals surface area contributed by atoms with E-state index in [0.717, 1.165) is 37.4 Å². The lowest BCUT2D eigenvalue weighted by Gasteiger charge is -2.57. The van der Waals surface area contributed by atoms with Gasteiger partial charge < -0.3 is 10.2 Å². The molecule has 0 aliphatic carbocycles. The predicted octanol–water partition coefficient (Wildman–Crippen LogP) is 1.54. The summed E-state index contributed by atoms with van der Waals surface area (Å²) in [6.45, 7) is 6.19. The van der Waals surface area contributed by atoms with Crippen LogP contribution in [0.3, 0.4) is 0 Å². The molecule has 1 spiro atoms. The van der Waals surface area contributed by atoms with Gasteiger partial charge in [-0.25, -0.2) is 4.39 Å². The van der Waals surface area contributed by atoms with Gasteiger partial charge in [-0.2, -0.15) is 0 Å². The molecule has 0 bridgehead atoms. The second-order valence-electron chi connectivity index (χ2n) is 4.89. The van der Waals surface area contributed by atoms with E-state index in [0.29, 0.717) is 5.41 Å². The number of halogens is 1. The summed E-state index contributed by atoms with van der Waals surface area (Å²) in [7, 11) is 0. The SMILES string of the molecule is Cc1ccc(N2CC3(CNC3)C2)cc1F. The minimum absolute atomic E-state index is 0.0971. The van der Waals surface area contributed by atoms with Gasteiger partial charge in [-0.3, -0.25) is 0 Å². The number of hydrogen-bond acceptors (Lipinski definition) is 2. The van der Waals surface area contributed by atoms with Crippen LogP contribution >= 0.6 is 0 Å². The molecule has 3 rings (SSSR count). The Morgan fingerprint density at radius 1 is 1.33 bits per heavy atom. The summed E-state index contributed by atoms with van der Waals surface area (Å²) in [4.78, 5) is 2.25. The molecular formula is C12H15FN2. The molecule has 2 aliphatic heterocycles. The quantitative estimate of drug-likeness (QED) is 0.750. The third-order valence-electron chi connectivity index (χ3n) is 3.57. The zero-order valence-electron chi connectivity index (χ0n) is 8.89. The molecule has 0 aromatic heterocycles. The summed E-state index contributed by atoms with van der Waals surface area (Å²) in [5.74, 6) is -0.0971. The second kappa shape index (κ2) is 2.95. The van der Waals surface area contributed by atoms with Crippen LogP contribution in [0.15, 0.2) is 18.2 Å². The standard InChI is InChI=1S/C12H15FN2/c1-9-2-3-10(4-11(9)13)15-7-12(8-15)5-14-6-12/h2-4,14H,5-8H2,1H3. The number of nitrogens with zero attached hydrogens (tertiary/aromatic N) is 1. The minimum atomic E-state index is -0.0971. The monoisotopic (exact) mass is 206 g/mol. The van der Waals surface area contributed by atoms with Crippen LogP contribution in [0.25, 0.3) is 0 Å². The summed E-state index contributed by atoms with van der Waals surface area (Å²) in [6, 6.07) is 5.51. The van der Waals surface area contributed by atoms with Gasteiger partial charge in [-0.05, 0) is 24.6 Å². The summed E-state index contributed by atoms with van der Waals surface area (Å²) in [5.41, 5.74) is 2.25. The van der Waals surface area contributed by atoms with Crippen LogP contribution in [0, 0.1) is 18.2 Å². The number of aryl methyl sites for hydroxylation is 1. The third kappa shape index (κ3) is 1.34. The maximum absolute atomic E-state index is 13.3. The molecule has 15 heavy (non-hydrogen) atoms. The van der Waals surface area contributed by atoms with E-state index in [1.807, 2.05) is 12.1 Å². The van der Waals surface area contributed by atoms with Crippen LogP contribution in [-0.4, -0.2) is 26.2 Å². The summed E-state index contributed by atoms with van der Waals surface area (Å²) < 4.78 is 13.3. The number of rotatable bonds is 1. The lowest BCUT2D eigenvalue weighted by atomic mass is 9.74. The van der Waals surface area contributed by atoms with E-state index >= 15 is 0 Å². The van der Waals surface area contributed by atoms with E-state index < -0.39 is 0 Å². The molecule has 3 heteroatoms. The molecule has 0 amide bonds. The topological polar surface area (TPSA) is 15.3 Å². The Balaban J connectivity index is 1.75. The molecule has 1 aromatic rings. The molecule has 1 N–H and O–H groups in total. The number of benzene rings is 1. The van der Waals surface area contributed by atoms with Gasteiger partial charge in [0.2, 0.25) is 0 Å². The molecule has 1 aromatic carbocycles. The van der Waals surface area contributed by atoms with Crippen LogP contribution in [0.5, 0.6) is 0 Å². The summed E-state index contributed by atoms with van der Waals surface area (Å²) >= 11 is 0. The lowest BCUT2D eigenvalue weighted by molar-refractivity contribution is 0.121. The normalized spacial score (nSPS) is 22.4. The highest BCUT2D eigenvalue weighted by atomic mass is 19.1. The van der Waals surface area contributed by atoms with Crippen molar-refractivity contribution in [1.29, 1.82) is 0 Å². The van der Waals surface area contributed by atoms with Gasteiger partial charge in [0.05, 0.1) is 0 Å². The molecule has 2 nitrogen and oxygen atoms in total. The van der Waals surface area contributed by atoms with E-state index in [2.05, 4.69) is 10.2 Å². The maximum Gasteiger partial charge on any atom is 0.128 e. The van der Waals surface area contributed by atoms with E-state index in [1.165, 1.54) is 0 Å². The highest BCUT2D eigenvalue weighted by Gasteiger charge is 2.47. The molecule has 2 fully saturated rings. The average Bonchev–Trinajstić information content (AvgIpc) is 2.06. The molecule has 2 aliphatic rings. The van der Waals surface area contributed by atoms with Crippen LogP contribution in [0.1, 0.15) is 5.56 Å². The number of hydrogen-bond donors (Lipinski definition) is 1. The van der Waals surface area contributed by atoms with Crippen molar-refractivity contribution in [3.63, 3.8) is 0 Å². The Bertz CT molecular complexity index is 391. The van der Waals surface area contributed by atoms with E-state index in [9.17, 15) is 4.39 Å². The Hall–Kier alpha value is -1.09. The van der Waals surface area contributed by atoms with Crippen LogP contribution in [0.4, 0.5) is 10.1 Å². The van der Waals surface area contributed by atoms with Crippen molar-refractivity contribution in [3.8, 4) is 0 Å². The van der Waals surface area contributed by atoms with Crippen molar-refractivity contribution in [2.75, 3.05) is 31.1 Å². The first-order chi connectivity index (χ1) is 7.19. The van der Waals surface area contributed by atoms with Crippen molar-refractivity contribution in [1.82, 2.24) is 5.32 Å². The Labute approximate surface area is 89.1 Å². The fourth-order valence-corrected chi connectivity index (χ4v) is 2.43. The van der Waals surface area contributed by atoms with Crippen molar-refractivity contribution in [2.45, 2.75) is 6.92 Å². The van der Waals surface area contributed by atoms with Gasteiger partial charge in [0, 0.05) is 37.3 Å². The first-order valence-electron chi connectivity index (χ1n) is 5.40. The zero-order valence-corrected chi connectivity index (χ0v) is 8.89. The molecule has 2 saturated heterocycles. The van der Waals surface area contributed by atoms with Gasteiger partial charge in [0.25, 0.3) is 0 Å². The largest absolute Gasteiger partial charge is 0.370 e. The number of anilines is 1. The predicted molar refractivity (Wildman–Crippen MR) is 58.7 cm³/mol. The van der Waals surface area contributed by atoms with Gasteiger partial charge in [-0.1, -0.05) is 6.07 Å². The fraction of sp³-hybridized carbons (Fsp3) is 0.500. The smallest absolute Gasteiger partial charge is 0.128 e. The highest BCUT2D eigenvalue weighted by molar-refractivity contribution is 5.51. The van der Waals surface area contributed by atoms with Crippen molar-refractivity contribution in [3.05, 3.63) is 29.6 Å². The van der Waals surface area contributed by atoms with Crippen molar-refractivity contribution < 1.29 is 4.39 Å². The molecule has 0 saturated carbocycles. The van der Waals surface area contributed by atoms with Crippen LogP contribution in [-0.2, 0) is 0 Å². The highest BCUT2D eigenvalue weighted by Crippen LogP contribution is 2.37. The summed E-state index contributed by atoms with van der Waals surface area (Å²) in [6.07, 6.45) is 0. The number of nitrogens with one attached hydrogen (secondary N) is 1. The molecule has 2 heterocycles. The van der Waals surface area contributed by atoms with Gasteiger partial charge in [-0.15, -0.1) is 0 Å². The van der Waals surface area contributed by atoms with Crippen molar-refractivity contribution in [2.24, 2.45) is 5.41 Å². The second-order valence-corrected chi connectivity index (χ2v) is 4.89. The average molecular weight is 206 g/mol. The first kappa shape index (κ1) is 9.16. The fourth-order valence-electron chi connectivity index (χ4n) is 2.43. The Morgan fingerprint density at radius 2 is 2.07 bits per heavy atom. The third-order valence-corrected chi connectivity index (χ3v) is 3.57. The van der Waals surface area contributed by atoms with Gasteiger partial charge in [0.1, 0.15) is 5.82 Å². The maximum atomic E-state index is 13.3. The summed E-state index contributed by atoms with van der Waals surface area (Å²) in [5, 5.41) is 3.30. The minimum Gasteiger partial charge on any atom is -0.370 e. The molecular weight excluding hydrogens is 191 g/mol. The van der Waals surface area contributed by atoms with E-state index in [4.69, 9.17) is 0 Å². The van der Waals surface area contributed by atoms with Gasteiger partial charge >= 0.3 is 0 Å². The Kier molecular flexibility index (Phi) is 1.80. The van der Waals surface area contributed by atoms with Crippen LogP contribution in [0.2, 0.25) is 0 Å². The van der Waals surface area contributed by atoms with E-state index in [1.54, 1.807) is 13.0 Å². The van der Waals surface area contributed by atoms with Gasteiger partial charge in [0.15, 0.2) is 0 Å². The molecule has 0 radical (unpaired) electrons. The molecule has 0 unspecified atom stereocenters. The Morgan fingerprint density at radius 3 is 2.60 bits per heavy atom. The zero-order chi connectivity index (χ0) is 10.5. The lowest BCUT2D eigenvalue weighted by Crippen LogP contribution is -2.71. The van der Waals surface area contributed by atoms with Crippen molar-refractivity contribution >= 4 is 5.69 Å². The molecule has 80 valence electrons. The van der Waals surface area contributed by atoms with E-state index in [-0.39, 0.29) is 5.82 Å². The van der Waals surface area contributed by atoms with Crippen LogP contribution < -0.4 is 10.2 Å². The first-order valence-corrected chi connectivity index (χ1v) is 5.40.